The van der Waals surface area contributed by atoms with Crippen LogP contribution in [0.5, 0.6) is 0 Å². The first-order valence-electron chi connectivity index (χ1n) is 11.2. The minimum absolute atomic E-state index is 0.0524. The number of hydrogen-bond acceptors (Lipinski definition) is 4. The highest BCUT2D eigenvalue weighted by molar-refractivity contribution is 5.82. The van der Waals surface area contributed by atoms with Crippen molar-refractivity contribution in [3.8, 4) is 0 Å². The number of fused-ring (bicyclic) bond motifs is 1. The van der Waals surface area contributed by atoms with Gasteiger partial charge in [0, 0.05) is 25.6 Å². The molecule has 0 N–H and O–H groups in total. The van der Waals surface area contributed by atoms with Crippen LogP contribution in [-0.2, 0) is 11.2 Å². The van der Waals surface area contributed by atoms with Crippen LogP contribution >= 0.6 is 0 Å². The lowest BCUT2D eigenvalue weighted by molar-refractivity contribution is -0.132. The van der Waals surface area contributed by atoms with Crippen molar-refractivity contribution in [2.45, 2.75) is 57.4 Å². The lowest BCUT2D eigenvalue weighted by Crippen LogP contribution is -2.51. The zero-order valence-electron chi connectivity index (χ0n) is 17.6. The van der Waals surface area contributed by atoms with Crippen LogP contribution in [0.25, 0.3) is 0 Å². The van der Waals surface area contributed by atoms with Crippen molar-refractivity contribution < 1.29 is 9.18 Å². The Balaban J connectivity index is 1.18. The average molecular weight is 409 g/mol. The van der Waals surface area contributed by atoms with Gasteiger partial charge in [0.1, 0.15) is 5.82 Å². The van der Waals surface area contributed by atoms with E-state index < -0.39 is 0 Å². The number of carbonyl (C=O) groups excluding carboxylic acids is 1. The quantitative estimate of drug-likeness (QED) is 0.728. The van der Waals surface area contributed by atoms with Crippen molar-refractivity contribution in [2.24, 2.45) is 5.92 Å². The third-order valence-corrected chi connectivity index (χ3v) is 6.91. The molecule has 0 unspecified atom stereocenters. The number of aryl methyl sites for hydroxylation is 2. The van der Waals surface area contributed by atoms with Gasteiger partial charge in [0.15, 0.2) is 5.82 Å². The number of aromatic nitrogens is 2. The van der Waals surface area contributed by atoms with Gasteiger partial charge in [-0.3, -0.25) is 4.79 Å². The van der Waals surface area contributed by atoms with Crippen molar-refractivity contribution in [2.75, 3.05) is 24.5 Å². The highest BCUT2D eigenvalue weighted by Gasteiger charge is 2.42. The van der Waals surface area contributed by atoms with E-state index in [4.69, 9.17) is 0 Å². The lowest BCUT2D eigenvalue weighted by Gasteiger charge is -2.37. The summed E-state index contributed by atoms with van der Waals surface area (Å²) in [6, 6.07) is 9.73. The number of halogens is 1. The SMILES string of the molecule is Cc1ccc(N2CCN3C(=O)[C@@H](CCCc4cccc(F)c4C4CC4)C[C@H]3C2)nn1. The Labute approximate surface area is 177 Å². The fourth-order valence-corrected chi connectivity index (χ4v) is 5.19. The summed E-state index contributed by atoms with van der Waals surface area (Å²) in [5.41, 5.74) is 2.99. The van der Waals surface area contributed by atoms with Gasteiger partial charge in [-0.25, -0.2) is 4.39 Å². The van der Waals surface area contributed by atoms with Gasteiger partial charge in [-0.05, 0) is 80.7 Å². The maximum absolute atomic E-state index is 14.3. The van der Waals surface area contributed by atoms with E-state index in [9.17, 15) is 9.18 Å². The monoisotopic (exact) mass is 408 g/mol. The van der Waals surface area contributed by atoms with E-state index in [-0.39, 0.29) is 17.8 Å². The summed E-state index contributed by atoms with van der Waals surface area (Å²) in [6.07, 6.45) is 5.81. The van der Waals surface area contributed by atoms with Crippen LogP contribution in [0.15, 0.2) is 30.3 Å². The molecule has 158 valence electrons. The molecule has 0 radical (unpaired) electrons. The molecule has 2 aromatic rings. The van der Waals surface area contributed by atoms with Gasteiger partial charge in [-0.2, -0.15) is 5.10 Å². The van der Waals surface area contributed by atoms with Gasteiger partial charge in [0.25, 0.3) is 0 Å². The minimum Gasteiger partial charge on any atom is -0.351 e. The maximum Gasteiger partial charge on any atom is 0.226 e. The molecule has 30 heavy (non-hydrogen) atoms. The van der Waals surface area contributed by atoms with Gasteiger partial charge >= 0.3 is 0 Å². The molecule has 0 bridgehead atoms. The molecule has 1 saturated carbocycles. The van der Waals surface area contributed by atoms with Crippen molar-refractivity contribution in [3.05, 3.63) is 53.0 Å². The number of amides is 1. The summed E-state index contributed by atoms with van der Waals surface area (Å²) < 4.78 is 14.3. The number of benzene rings is 1. The summed E-state index contributed by atoms with van der Waals surface area (Å²) in [6.45, 7) is 4.33. The smallest absolute Gasteiger partial charge is 0.226 e. The predicted octanol–water partition coefficient (Wildman–Crippen LogP) is 3.86. The van der Waals surface area contributed by atoms with Crippen molar-refractivity contribution in [1.82, 2.24) is 15.1 Å². The predicted molar refractivity (Wildman–Crippen MR) is 114 cm³/mol. The number of piperazine rings is 1. The van der Waals surface area contributed by atoms with Crippen LogP contribution < -0.4 is 4.90 Å². The van der Waals surface area contributed by atoms with Gasteiger partial charge in [0.2, 0.25) is 5.91 Å². The molecule has 2 saturated heterocycles. The van der Waals surface area contributed by atoms with E-state index >= 15 is 0 Å². The van der Waals surface area contributed by atoms with Crippen molar-refractivity contribution >= 4 is 11.7 Å². The molecular weight excluding hydrogens is 379 g/mol. The van der Waals surface area contributed by atoms with Crippen LogP contribution in [0.4, 0.5) is 10.2 Å². The molecule has 2 atom stereocenters. The molecule has 1 aromatic heterocycles. The Bertz CT molecular complexity index is 927. The molecule has 6 heteroatoms. The Kier molecular flexibility index (Phi) is 5.17. The highest BCUT2D eigenvalue weighted by atomic mass is 19.1. The summed E-state index contributed by atoms with van der Waals surface area (Å²) in [5.74, 6) is 1.66. The van der Waals surface area contributed by atoms with Gasteiger partial charge in [-0.15, -0.1) is 5.10 Å². The Morgan fingerprint density at radius 1 is 1.13 bits per heavy atom. The fraction of sp³-hybridized carbons (Fsp3) is 0.542. The van der Waals surface area contributed by atoms with Crippen molar-refractivity contribution in [1.29, 1.82) is 0 Å². The molecule has 1 aromatic carbocycles. The molecule has 1 aliphatic carbocycles. The van der Waals surface area contributed by atoms with E-state index in [0.29, 0.717) is 11.8 Å². The molecule has 0 spiro atoms. The number of carbonyl (C=O) groups is 1. The van der Waals surface area contributed by atoms with Crippen LogP contribution in [0.3, 0.4) is 0 Å². The first kappa shape index (κ1) is 19.5. The molecular formula is C24H29FN4O. The standard InChI is InChI=1S/C24H29FN4O/c1-16-8-11-22(27-26-16)28-12-13-29-20(15-28)14-19(24(29)30)6-2-4-17-5-3-7-21(25)23(17)18-9-10-18/h3,5,7-8,11,18-20H,2,4,6,9-10,12-15H2,1H3/t19-,20-/m0/s1. The number of hydrogen-bond donors (Lipinski definition) is 0. The second-order valence-corrected chi connectivity index (χ2v) is 9.08. The molecule has 2 aliphatic heterocycles. The first-order valence-corrected chi connectivity index (χ1v) is 11.2. The van der Waals surface area contributed by atoms with Crippen LogP contribution in [0, 0.1) is 18.7 Å². The Morgan fingerprint density at radius 3 is 2.77 bits per heavy atom. The third-order valence-electron chi connectivity index (χ3n) is 6.91. The van der Waals surface area contributed by atoms with Crippen LogP contribution in [-0.4, -0.2) is 46.7 Å². The number of anilines is 1. The van der Waals surface area contributed by atoms with E-state index in [2.05, 4.69) is 26.1 Å². The fourth-order valence-electron chi connectivity index (χ4n) is 5.19. The summed E-state index contributed by atoms with van der Waals surface area (Å²) in [4.78, 5) is 17.2. The Hall–Kier alpha value is -2.50. The maximum atomic E-state index is 14.3. The van der Waals surface area contributed by atoms with Gasteiger partial charge < -0.3 is 9.80 Å². The minimum atomic E-state index is -0.0524. The van der Waals surface area contributed by atoms with E-state index in [1.807, 2.05) is 25.1 Å². The second-order valence-electron chi connectivity index (χ2n) is 9.08. The zero-order chi connectivity index (χ0) is 20.7. The molecule has 3 aliphatic rings. The van der Waals surface area contributed by atoms with Crippen LogP contribution in [0.2, 0.25) is 0 Å². The third kappa shape index (κ3) is 3.80. The van der Waals surface area contributed by atoms with E-state index in [1.54, 1.807) is 6.07 Å². The topological polar surface area (TPSA) is 49.3 Å². The molecule has 3 fully saturated rings. The van der Waals surface area contributed by atoms with Crippen molar-refractivity contribution in [3.63, 3.8) is 0 Å². The zero-order valence-corrected chi connectivity index (χ0v) is 17.6. The highest BCUT2D eigenvalue weighted by Crippen LogP contribution is 2.43. The number of nitrogens with zero attached hydrogens (tertiary/aromatic N) is 4. The summed E-state index contributed by atoms with van der Waals surface area (Å²) >= 11 is 0. The van der Waals surface area contributed by atoms with E-state index in [0.717, 1.165) is 80.8 Å². The molecule has 5 rings (SSSR count). The van der Waals surface area contributed by atoms with E-state index in [1.165, 1.54) is 0 Å². The van der Waals surface area contributed by atoms with Crippen LogP contribution in [0.1, 0.15) is 54.8 Å². The largest absolute Gasteiger partial charge is 0.351 e. The lowest BCUT2D eigenvalue weighted by atomic mass is 9.93. The molecule has 5 nitrogen and oxygen atoms in total. The molecule has 3 heterocycles. The van der Waals surface area contributed by atoms with Gasteiger partial charge in [0.05, 0.1) is 11.7 Å². The Morgan fingerprint density at radius 2 is 2.00 bits per heavy atom. The normalized spacial score (nSPS) is 23.7. The average Bonchev–Trinajstić information content (AvgIpc) is 3.53. The first-order chi connectivity index (χ1) is 14.6. The molecule has 1 amide bonds. The summed E-state index contributed by atoms with van der Waals surface area (Å²) in [7, 11) is 0. The van der Waals surface area contributed by atoms with Gasteiger partial charge in [-0.1, -0.05) is 12.1 Å². The number of rotatable bonds is 6. The summed E-state index contributed by atoms with van der Waals surface area (Å²) in [5, 5.41) is 8.48. The second kappa shape index (κ2) is 7.97.